The average molecular weight is 302 g/mol. The number of hydrogen-bond donors (Lipinski definition) is 0. The van der Waals surface area contributed by atoms with Gasteiger partial charge in [0.1, 0.15) is 5.82 Å². The SMILES string of the molecule is CCCCn1ccnc1C1CCCN(c2ncccc2F)C1. The zero-order valence-electron chi connectivity index (χ0n) is 13.1. The van der Waals surface area contributed by atoms with E-state index in [0.29, 0.717) is 11.7 Å². The van der Waals surface area contributed by atoms with Gasteiger partial charge in [0.05, 0.1) is 0 Å². The van der Waals surface area contributed by atoms with Gasteiger partial charge in [-0.15, -0.1) is 0 Å². The molecule has 3 rings (SSSR count). The first-order valence-electron chi connectivity index (χ1n) is 8.16. The second-order valence-corrected chi connectivity index (χ2v) is 5.93. The zero-order chi connectivity index (χ0) is 15.4. The Morgan fingerprint density at radius 3 is 3.05 bits per heavy atom. The van der Waals surface area contributed by atoms with Gasteiger partial charge in [0, 0.05) is 44.1 Å². The number of aryl methyl sites for hydroxylation is 1. The summed E-state index contributed by atoms with van der Waals surface area (Å²) in [6.45, 7) is 4.86. The molecule has 0 amide bonds. The number of unbranched alkanes of at least 4 members (excludes halogenated alkanes) is 1. The maximum atomic E-state index is 14.0. The summed E-state index contributed by atoms with van der Waals surface area (Å²) in [4.78, 5) is 10.8. The topological polar surface area (TPSA) is 34.0 Å². The molecule has 1 saturated heterocycles. The highest BCUT2D eigenvalue weighted by Crippen LogP contribution is 2.29. The van der Waals surface area contributed by atoms with Gasteiger partial charge in [-0.1, -0.05) is 13.3 Å². The van der Waals surface area contributed by atoms with Gasteiger partial charge in [0.2, 0.25) is 0 Å². The number of nitrogens with zero attached hydrogens (tertiary/aromatic N) is 4. The van der Waals surface area contributed by atoms with Gasteiger partial charge in [-0.25, -0.2) is 14.4 Å². The first kappa shape index (κ1) is 15.0. The molecule has 118 valence electrons. The first-order chi connectivity index (χ1) is 10.8. The average Bonchev–Trinajstić information content (AvgIpc) is 3.02. The molecule has 1 unspecified atom stereocenters. The number of piperidine rings is 1. The van der Waals surface area contributed by atoms with E-state index in [9.17, 15) is 4.39 Å². The fourth-order valence-electron chi connectivity index (χ4n) is 3.19. The summed E-state index contributed by atoms with van der Waals surface area (Å²) in [5.41, 5.74) is 0. The maximum absolute atomic E-state index is 14.0. The third-order valence-corrected chi connectivity index (χ3v) is 4.33. The molecule has 22 heavy (non-hydrogen) atoms. The summed E-state index contributed by atoms with van der Waals surface area (Å²) in [5, 5.41) is 0. The van der Waals surface area contributed by atoms with Gasteiger partial charge in [-0.3, -0.25) is 0 Å². The van der Waals surface area contributed by atoms with E-state index >= 15 is 0 Å². The minimum Gasteiger partial charge on any atom is -0.353 e. The number of aromatic nitrogens is 3. The normalized spacial score (nSPS) is 18.6. The fourth-order valence-corrected chi connectivity index (χ4v) is 3.19. The number of halogens is 1. The monoisotopic (exact) mass is 302 g/mol. The van der Waals surface area contributed by atoms with Gasteiger partial charge in [-0.05, 0) is 31.4 Å². The van der Waals surface area contributed by atoms with Crippen molar-refractivity contribution in [2.75, 3.05) is 18.0 Å². The van der Waals surface area contributed by atoms with Crippen LogP contribution in [0, 0.1) is 5.82 Å². The molecule has 0 bridgehead atoms. The summed E-state index contributed by atoms with van der Waals surface area (Å²) in [6.07, 6.45) is 10.1. The molecule has 1 aliphatic rings. The molecule has 2 aromatic heterocycles. The van der Waals surface area contributed by atoms with Crippen LogP contribution in [-0.4, -0.2) is 27.6 Å². The summed E-state index contributed by atoms with van der Waals surface area (Å²) in [5.74, 6) is 1.72. The zero-order valence-corrected chi connectivity index (χ0v) is 13.1. The second-order valence-electron chi connectivity index (χ2n) is 5.93. The van der Waals surface area contributed by atoms with Crippen molar-refractivity contribution < 1.29 is 4.39 Å². The number of rotatable bonds is 5. The highest BCUT2D eigenvalue weighted by Gasteiger charge is 2.26. The van der Waals surface area contributed by atoms with Crippen molar-refractivity contribution in [3.8, 4) is 0 Å². The molecule has 3 heterocycles. The van der Waals surface area contributed by atoms with Crippen molar-refractivity contribution in [1.82, 2.24) is 14.5 Å². The molecule has 0 radical (unpaired) electrons. The van der Waals surface area contributed by atoms with Crippen molar-refractivity contribution in [3.63, 3.8) is 0 Å². The van der Waals surface area contributed by atoms with Gasteiger partial charge >= 0.3 is 0 Å². The van der Waals surface area contributed by atoms with Crippen LogP contribution in [0.5, 0.6) is 0 Å². The highest BCUT2D eigenvalue weighted by atomic mass is 19.1. The Balaban J connectivity index is 1.76. The molecule has 0 spiro atoms. The van der Waals surface area contributed by atoms with Gasteiger partial charge in [0.15, 0.2) is 11.6 Å². The lowest BCUT2D eigenvalue weighted by atomic mass is 9.97. The van der Waals surface area contributed by atoms with Crippen LogP contribution in [0.25, 0.3) is 0 Å². The largest absolute Gasteiger partial charge is 0.353 e. The molecule has 0 N–H and O–H groups in total. The molecule has 5 heteroatoms. The third-order valence-electron chi connectivity index (χ3n) is 4.33. The molecule has 0 aliphatic carbocycles. The van der Waals surface area contributed by atoms with Crippen LogP contribution >= 0.6 is 0 Å². The Bertz CT molecular complexity index is 610. The third kappa shape index (κ3) is 3.13. The molecule has 0 saturated carbocycles. The van der Waals surface area contributed by atoms with E-state index in [0.717, 1.165) is 44.7 Å². The van der Waals surface area contributed by atoms with E-state index in [1.807, 2.05) is 6.20 Å². The Hall–Kier alpha value is -1.91. The van der Waals surface area contributed by atoms with Crippen LogP contribution in [-0.2, 0) is 6.54 Å². The van der Waals surface area contributed by atoms with Gasteiger partial charge in [0.25, 0.3) is 0 Å². The minimum atomic E-state index is -0.238. The van der Waals surface area contributed by atoms with E-state index in [-0.39, 0.29) is 5.82 Å². The van der Waals surface area contributed by atoms with E-state index in [4.69, 9.17) is 0 Å². The standard InChI is InChI=1S/C17H23FN4/c1-2-3-10-21-12-9-20-16(21)14-6-5-11-22(13-14)17-15(18)7-4-8-19-17/h4,7-9,12,14H,2-3,5-6,10-11,13H2,1H3. The highest BCUT2D eigenvalue weighted by molar-refractivity contribution is 5.40. The van der Waals surface area contributed by atoms with Crippen LogP contribution in [0.15, 0.2) is 30.7 Å². The molecule has 4 nitrogen and oxygen atoms in total. The lowest BCUT2D eigenvalue weighted by Gasteiger charge is -2.33. The number of hydrogen-bond acceptors (Lipinski definition) is 3. The van der Waals surface area contributed by atoms with Crippen molar-refractivity contribution in [3.05, 3.63) is 42.4 Å². The summed E-state index contributed by atoms with van der Waals surface area (Å²) in [6, 6.07) is 3.12. The summed E-state index contributed by atoms with van der Waals surface area (Å²) < 4.78 is 16.2. The Labute approximate surface area is 131 Å². The van der Waals surface area contributed by atoms with Crippen molar-refractivity contribution in [1.29, 1.82) is 0 Å². The quantitative estimate of drug-likeness (QED) is 0.846. The summed E-state index contributed by atoms with van der Waals surface area (Å²) in [7, 11) is 0. The first-order valence-corrected chi connectivity index (χ1v) is 8.16. The van der Waals surface area contributed by atoms with Crippen LogP contribution in [0.4, 0.5) is 10.2 Å². The van der Waals surface area contributed by atoms with E-state index in [1.54, 1.807) is 12.3 Å². The molecule has 1 aliphatic heterocycles. The van der Waals surface area contributed by atoms with Gasteiger partial charge < -0.3 is 9.47 Å². The predicted molar refractivity (Wildman–Crippen MR) is 85.5 cm³/mol. The number of anilines is 1. The molecular formula is C17H23FN4. The van der Waals surface area contributed by atoms with Crippen LogP contribution in [0.1, 0.15) is 44.3 Å². The minimum absolute atomic E-state index is 0.238. The van der Waals surface area contributed by atoms with Crippen LogP contribution in [0.2, 0.25) is 0 Å². The lowest BCUT2D eigenvalue weighted by Crippen LogP contribution is -2.36. The Morgan fingerprint density at radius 1 is 1.32 bits per heavy atom. The molecule has 0 aromatic carbocycles. The van der Waals surface area contributed by atoms with Crippen molar-refractivity contribution in [2.45, 2.75) is 45.1 Å². The number of pyridine rings is 1. The van der Waals surface area contributed by atoms with E-state index < -0.39 is 0 Å². The summed E-state index contributed by atoms with van der Waals surface area (Å²) >= 11 is 0. The van der Waals surface area contributed by atoms with Crippen molar-refractivity contribution >= 4 is 5.82 Å². The van der Waals surface area contributed by atoms with Crippen LogP contribution in [0.3, 0.4) is 0 Å². The molecular weight excluding hydrogens is 279 g/mol. The van der Waals surface area contributed by atoms with Crippen molar-refractivity contribution in [2.24, 2.45) is 0 Å². The second kappa shape index (κ2) is 6.90. The van der Waals surface area contributed by atoms with E-state index in [2.05, 4.69) is 32.6 Å². The molecule has 1 atom stereocenters. The van der Waals surface area contributed by atoms with E-state index in [1.165, 1.54) is 12.5 Å². The predicted octanol–water partition coefficient (Wildman–Crippen LogP) is 3.60. The Kier molecular flexibility index (Phi) is 4.71. The lowest BCUT2D eigenvalue weighted by molar-refractivity contribution is 0.458. The fraction of sp³-hybridized carbons (Fsp3) is 0.529. The number of imidazole rings is 1. The van der Waals surface area contributed by atoms with Gasteiger partial charge in [-0.2, -0.15) is 0 Å². The molecule has 1 fully saturated rings. The molecule has 2 aromatic rings. The van der Waals surface area contributed by atoms with Crippen LogP contribution < -0.4 is 4.90 Å². The smallest absolute Gasteiger partial charge is 0.165 e. The Morgan fingerprint density at radius 2 is 2.23 bits per heavy atom. The maximum Gasteiger partial charge on any atom is 0.165 e.